The molecule has 0 radical (unpaired) electrons. The van der Waals surface area contributed by atoms with Crippen LogP contribution >= 0.6 is 0 Å². The molecule has 2 heterocycles. The second-order valence-corrected chi connectivity index (χ2v) is 15.3. The van der Waals surface area contributed by atoms with Gasteiger partial charge in [-0.3, -0.25) is 5.32 Å². The third-order valence-electron chi connectivity index (χ3n) is 13.8. The van der Waals surface area contributed by atoms with Gasteiger partial charge in [0.2, 0.25) is 5.79 Å². The minimum atomic E-state index is -0.888. The number of rotatable bonds is 10. The number of ether oxygens (including phenoxy) is 7. The van der Waals surface area contributed by atoms with Gasteiger partial charge >= 0.3 is 0 Å². The quantitative estimate of drug-likeness (QED) is 0.115. The standard InChI is InChI=1S/C37H47FN2O7/c1-5-12-42-18-24-13-27(6-7-28(24)38)40-29-14-26-8-10-34-19-35(34,32(26,2)15-25(29)17-39)31(44-21-41-4)16-33(3)30(34)9-11-36(33)37(47-23-45-36)20-43-22-46-37/h5-7,13-14,17,30-31,39-40H,1,8-12,15-16,18-23H2,2-4H3/p+1/t30?,31-,32-,33-,34?,35?,36+,37-/m0/s1. The van der Waals surface area contributed by atoms with E-state index in [1.54, 1.807) is 19.3 Å². The fourth-order valence-corrected chi connectivity index (χ4v) is 11.9. The van der Waals surface area contributed by atoms with Crippen molar-refractivity contribution in [2.45, 2.75) is 82.9 Å². The molecule has 0 bridgehead atoms. The summed E-state index contributed by atoms with van der Waals surface area (Å²) < 4.78 is 57.5. The van der Waals surface area contributed by atoms with Crippen molar-refractivity contribution in [3.63, 3.8) is 0 Å². The van der Waals surface area contributed by atoms with E-state index in [0.717, 1.165) is 61.9 Å². The van der Waals surface area contributed by atoms with Gasteiger partial charge in [0.25, 0.3) is 0 Å². The maximum Gasteiger partial charge on any atom is 0.226 e. The van der Waals surface area contributed by atoms with Crippen molar-refractivity contribution < 1.29 is 42.9 Å². The second kappa shape index (κ2) is 11.1. The fourth-order valence-electron chi connectivity index (χ4n) is 11.9. The molecule has 1 aromatic rings. The second-order valence-electron chi connectivity index (χ2n) is 15.3. The number of allylic oxidation sites excluding steroid dienone is 3. The number of nitrogens with one attached hydrogen (secondary N) is 1. The van der Waals surface area contributed by atoms with E-state index in [-0.39, 0.29) is 60.6 Å². The summed E-state index contributed by atoms with van der Waals surface area (Å²) in [4.78, 5) is 0. The third-order valence-corrected chi connectivity index (χ3v) is 13.8. The van der Waals surface area contributed by atoms with Crippen LogP contribution in [0.3, 0.4) is 0 Å². The van der Waals surface area contributed by atoms with Gasteiger partial charge in [0.1, 0.15) is 36.2 Å². The Morgan fingerprint density at radius 3 is 2.79 bits per heavy atom. The number of quaternary nitrogens is 1. The molecule has 8 rings (SSSR count). The highest BCUT2D eigenvalue weighted by Gasteiger charge is 2.89. The highest BCUT2D eigenvalue weighted by Crippen LogP contribution is 2.91. The van der Waals surface area contributed by atoms with Gasteiger partial charge < -0.3 is 38.6 Å². The Hall–Kier alpha value is -2.28. The van der Waals surface area contributed by atoms with Crippen LogP contribution in [0.4, 0.5) is 10.1 Å². The molecule has 254 valence electrons. The van der Waals surface area contributed by atoms with Gasteiger partial charge in [-0.2, -0.15) is 0 Å². The molecule has 4 saturated carbocycles. The Balaban J connectivity index is 1.14. The van der Waals surface area contributed by atoms with E-state index < -0.39 is 11.4 Å². The normalized spacial score (nSPS) is 43.0. The zero-order chi connectivity index (χ0) is 32.7. The third kappa shape index (κ3) is 4.07. The molecule has 7 aliphatic rings. The van der Waals surface area contributed by atoms with Crippen LogP contribution in [0.25, 0.3) is 0 Å². The molecule has 47 heavy (non-hydrogen) atoms. The molecule has 2 saturated heterocycles. The zero-order valence-corrected chi connectivity index (χ0v) is 27.8. The molecule has 0 aromatic heterocycles. The van der Waals surface area contributed by atoms with E-state index in [4.69, 9.17) is 38.6 Å². The zero-order valence-electron chi connectivity index (χ0n) is 27.8. The molecule has 8 atom stereocenters. The molecule has 10 heteroatoms. The van der Waals surface area contributed by atoms with E-state index >= 15 is 0 Å². The van der Waals surface area contributed by atoms with Crippen molar-refractivity contribution in [2.75, 3.05) is 40.7 Å². The summed E-state index contributed by atoms with van der Waals surface area (Å²) in [6.07, 6.45) is 12.1. The topological polar surface area (TPSA) is 105 Å². The molecule has 3 unspecified atom stereocenters. The molecule has 5 aliphatic carbocycles. The first-order chi connectivity index (χ1) is 22.7. The van der Waals surface area contributed by atoms with Gasteiger partial charge in [0.05, 0.1) is 19.3 Å². The van der Waals surface area contributed by atoms with Gasteiger partial charge in [-0.25, -0.2) is 4.39 Å². The smallest absolute Gasteiger partial charge is 0.226 e. The Morgan fingerprint density at radius 2 is 2.02 bits per heavy atom. The average Bonchev–Trinajstić information content (AvgIpc) is 3.29. The fraction of sp³-hybridized carbons (Fsp3) is 0.649. The van der Waals surface area contributed by atoms with E-state index in [1.165, 1.54) is 17.9 Å². The molecule has 0 amide bonds. The maximum atomic E-state index is 14.6. The van der Waals surface area contributed by atoms with Crippen LogP contribution in [0, 0.1) is 38.8 Å². The lowest BCUT2D eigenvalue weighted by Gasteiger charge is -2.61. The number of benzene rings is 1. The van der Waals surface area contributed by atoms with Crippen LogP contribution < -0.4 is 5.32 Å². The Morgan fingerprint density at radius 1 is 1.17 bits per heavy atom. The van der Waals surface area contributed by atoms with Crippen LogP contribution in [0.2, 0.25) is 0 Å². The lowest BCUT2D eigenvalue weighted by Crippen LogP contribution is -2.76. The summed E-state index contributed by atoms with van der Waals surface area (Å²) in [5.41, 5.74) is 3.80. The van der Waals surface area contributed by atoms with E-state index in [1.807, 2.05) is 6.07 Å². The summed E-state index contributed by atoms with van der Waals surface area (Å²) in [6.45, 7) is 10.1. The Kier molecular flexibility index (Phi) is 7.56. The van der Waals surface area contributed by atoms with E-state index in [2.05, 4.69) is 31.8 Å². The first-order valence-electron chi connectivity index (χ1n) is 17.0. The predicted octanol–water partition coefficient (Wildman–Crippen LogP) is 5.39. The molecular weight excluding hydrogens is 603 g/mol. The van der Waals surface area contributed by atoms with Crippen LogP contribution in [-0.4, -0.2) is 64.4 Å². The van der Waals surface area contributed by atoms with Crippen LogP contribution in [0.15, 0.2) is 53.8 Å². The van der Waals surface area contributed by atoms with Crippen LogP contribution in [0.5, 0.6) is 0 Å². The Labute approximate surface area is 276 Å². The van der Waals surface area contributed by atoms with Gasteiger partial charge in [0.15, 0.2) is 13.6 Å². The first-order valence-corrected chi connectivity index (χ1v) is 17.0. The lowest BCUT2D eigenvalue weighted by atomic mass is 9.45. The van der Waals surface area contributed by atoms with Crippen LogP contribution in [-0.2, 0) is 39.8 Å². The summed E-state index contributed by atoms with van der Waals surface area (Å²) in [7, 11) is 1.69. The molecule has 6 fully saturated rings. The molecule has 2 aliphatic heterocycles. The van der Waals surface area contributed by atoms with Gasteiger partial charge in [-0.05, 0) is 68.4 Å². The van der Waals surface area contributed by atoms with Gasteiger partial charge in [0, 0.05) is 52.8 Å². The molecule has 9 nitrogen and oxygen atoms in total. The van der Waals surface area contributed by atoms with Crippen molar-refractivity contribution in [3.05, 3.63) is 65.2 Å². The highest BCUT2D eigenvalue weighted by atomic mass is 19.1. The number of halogens is 1. The molecule has 3 N–H and O–H groups in total. The average molecular weight is 652 g/mol. The van der Waals surface area contributed by atoms with Crippen LogP contribution in [0.1, 0.15) is 64.4 Å². The summed E-state index contributed by atoms with van der Waals surface area (Å²) in [5.74, 6) is -0.757. The number of hydrogen-bond acceptors (Lipinski definition) is 8. The van der Waals surface area contributed by atoms with Crippen molar-refractivity contribution in [2.24, 2.45) is 27.6 Å². The first kappa shape index (κ1) is 32.0. The highest BCUT2D eigenvalue weighted by molar-refractivity contribution is 5.78. The molecule has 2 spiro atoms. The monoisotopic (exact) mass is 651 g/mol. The summed E-state index contributed by atoms with van der Waals surface area (Å²) in [6, 6.07) is 5.14. The number of hydrogen-bond donors (Lipinski definition) is 2. The largest absolute Gasteiger partial charge is 0.373 e. The number of methoxy groups -OCH3 is 1. The van der Waals surface area contributed by atoms with Crippen molar-refractivity contribution in [1.29, 1.82) is 5.41 Å². The minimum absolute atomic E-state index is 0.0660. The van der Waals surface area contributed by atoms with Crippen molar-refractivity contribution in [1.82, 2.24) is 0 Å². The van der Waals surface area contributed by atoms with E-state index in [9.17, 15) is 4.39 Å². The van der Waals surface area contributed by atoms with E-state index in [0.29, 0.717) is 24.7 Å². The molecule has 1 aromatic carbocycles. The summed E-state index contributed by atoms with van der Waals surface area (Å²) in [5, 5.41) is 10.7. The maximum absolute atomic E-state index is 14.6. The predicted molar refractivity (Wildman–Crippen MR) is 170 cm³/mol. The Bertz CT molecular complexity index is 1530. The number of nitrogens with two attached hydrogens (primary N) is 1. The summed E-state index contributed by atoms with van der Waals surface area (Å²) >= 11 is 0. The lowest BCUT2D eigenvalue weighted by molar-refractivity contribution is -0.513. The molecular formula is C37H48FN2O7+. The van der Waals surface area contributed by atoms with Gasteiger partial charge in [-0.15, -0.1) is 6.58 Å². The van der Waals surface area contributed by atoms with Crippen molar-refractivity contribution in [3.8, 4) is 0 Å². The minimum Gasteiger partial charge on any atom is -0.373 e. The van der Waals surface area contributed by atoms with Crippen molar-refractivity contribution >= 4 is 11.9 Å². The van der Waals surface area contributed by atoms with Gasteiger partial charge in [-0.1, -0.05) is 25.5 Å². The SMILES string of the molecule is C=CCOCc1cc([NH2+]C2=C(C=N)C[C@@]3(C)C(=C2)CCC24CC23[C@@H](OCOC)C[C@@]2(C)C4CC[C@@]23OCO[C@@]32COCO2)ccc1F. The number of fused-ring (bicyclic) bond motifs is 4.